The van der Waals surface area contributed by atoms with Gasteiger partial charge in [-0.05, 0) is 36.6 Å². The molecule has 3 heterocycles. The summed E-state index contributed by atoms with van der Waals surface area (Å²) in [6.45, 7) is 1.68. The summed E-state index contributed by atoms with van der Waals surface area (Å²) < 4.78 is 47.6. The van der Waals surface area contributed by atoms with E-state index < -0.39 is 116 Å². The molecule has 0 amide bonds. The molecule has 310 valence electrons. The van der Waals surface area contributed by atoms with E-state index >= 15 is 0 Å². The van der Waals surface area contributed by atoms with Gasteiger partial charge in [-0.1, -0.05) is 66.7 Å². The molecule has 0 spiro atoms. The van der Waals surface area contributed by atoms with Gasteiger partial charge in [-0.25, -0.2) is 4.79 Å². The highest BCUT2D eigenvalue weighted by atomic mass is 16.8. The second kappa shape index (κ2) is 18.8. The van der Waals surface area contributed by atoms with Gasteiger partial charge in [0, 0.05) is 38.4 Å². The Balaban J connectivity index is 1.23. The summed E-state index contributed by atoms with van der Waals surface area (Å²) in [5.41, 5.74) is 0.310. The molecule has 16 heteroatoms. The first-order valence-electron chi connectivity index (χ1n) is 18.8. The van der Waals surface area contributed by atoms with Crippen LogP contribution in [-0.2, 0) is 52.3 Å². The predicted molar refractivity (Wildman–Crippen MR) is 197 cm³/mol. The number of esters is 2. The molecule has 1 saturated carbocycles. The second-order valence-electron chi connectivity index (χ2n) is 14.6. The Bertz CT molecular complexity index is 1720. The number of hydrogen-bond donors (Lipinski definition) is 5. The predicted octanol–water partition coefficient (Wildman–Crippen LogP) is 0.901. The Kier molecular flexibility index (Phi) is 14.1. The van der Waals surface area contributed by atoms with E-state index in [-0.39, 0.29) is 18.6 Å². The molecule has 3 aliphatic heterocycles. The summed E-state index contributed by atoms with van der Waals surface area (Å²) in [5, 5.41) is 51.3. The topological polar surface area (TPSA) is 229 Å². The van der Waals surface area contributed by atoms with Crippen LogP contribution in [0.3, 0.4) is 0 Å². The third-order valence-electron chi connectivity index (χ3n) is 10.8. The van der Waals surface area contributed by atoms with Crippen LogP contribution in [0, 0.1) is 11.8 Å². The van der Waals surface area contributed by atoms with Crippen molar-refractivity contribution in [2.24, 2.45) is 11.8 Å². The Morgan fingerprint density at radius 3 is 2.11 bits per heavy atom. The van der Waals surface area contributed by atoms with E-state index in [1.807, 2.05) is 60.7 Å². The molecule has 4 fully saturated rings. The van der Waals surface area contributed by atoms with E-state index in [4.69, 9.17) is 37.9 Å². The molecule has 0 radical (unpaired) electrons. The van der Waals surface area contributed by atoms with Crippen molar-refractivity contribution >= 4 is 29.9 Å². The number of fused-ring (bicyclic) bond motifs is 1. The van der Waals surface area contributed by atoms with Gasteiger partial charge in [-0.15, -0.1) is 0 Å². The van der Waals surface area contributed by atoms with Gasteiger partial charge in [0.05, 0.1) is 25.4 Å². The van der Waals surface area contributed by atoms with Gasteiger partial charge in [0.2, 0.25) is 0 Å². The van der Waals surface area contributed by atoms with Crippen molar-refractivity contribution in [1.82, 2.24) is 0 Å². The molecule has 5 N–H and O–H groups in total. The lowest BCUT2D eigenvalue weighted by Gasteiger charge is -2.45. The zero-order chi connectivity index (χ0) is 40.9. The molecule has 2 aromatic carbocycles. The van der Waals surface area contributed by atoms with Crippen molar-refractivity contribution in [3.63, 3.8) is 0 Å². The first-order valence-corrected chi connectivity index (χ1v) is 18.8. The average molecular weight is 799 g/mol. The van der Waals surface area contributed by atoms with Gasteiger partial charge in [-0.2, -0.15) is 0 Å². The van der Waals surface area contributed by atoms with E-state index in [1.54, 1.807) is 19.1 Å². The van der Waals surface area contributed by atoms with Crippen LogP contribution in [-0.4, -0.2) is 143 Å². The first kappa shape index (κ1) is 42.7. The van der Waals surface area contributed by atoms with Crippen molar-refractivity contribution in [2.75, 3.05) is 20.3 Å². The zero-order valence-corrected chi connectivity index (χ0v) is 31.7. The monoisotopic (exact) mass is 798 g/mol. The van der Waals surface area contributed by atoms with E-state index in [9.17, 15) is 39.9 Å². The number of carbonyl (C=O) groups excluding carboxylic acids is 3. The molecule has 57 heavy (non-hydrogen) atoms. The number of hydrogen-bond acceptors (Lipinski definition) is 16. The molecule has 15 atom stereocenters. The van der Waals surface area contributed by atoms with Crippen LogP contribution in [0.5, 0.6) is 0 Å². The second-order valence-corrected chi connectivity index (χ2v) is 14.6. The summed E-state index contributed by atoms with van der Waals surface area (Å²) in [6, 6.07) is 18.3. The highest BCUT2D eigenvalue weighted by molar-refractivity contribution is 5.94. The highest BCUT2D eigenvalue weighted by Crippen LogP contribution is 2.57. The average Bonchev–Trinajstić information content (AvgIpc) is 3.88. The largest absolute Gasteiger partial charge is 0.457 e. The minimum absolute atomic E-state index is 0.119. The Morgan fingerprint density at radius 1 is 0.860 bits per heavy atom. The number of rotatable bonds is 16. The number of methoxy groups -OCH3 is 1. The molecule has 1 aliphatic carbocycles. The Morgan fingerprint density at radius 2 is 1.51 bits per heavy atom. The van der Waals surface area contributed by atoms with Crippen LogP contribution < -0.4 is 0 Å². The summed E-state index contributed by atoms with van der Waals surface area (Å²) in [5.74, 6) is -3.45. The van der Waals surface area contributed by atoms with Crippen molar-refractivity contribution in [3.8, 4) is 0 Å². The maximum Gasteiger partial charge on any atom is 0.331 e. The van der Waals surface area contributed by atoms with Crippen LogP contribution >= 0.6 is 0 Å². The lowest BCUT2D eigenvalue weighted by atomic mass is 9.84. The minimum atomic E-state index is -1.71. The van der Waals surface area contributed by atoms with Gasteiger partial charge >= 0.3 is 11.9 Å². The van der Waals surface area contributed by atoms with Gasteiger partial charge in [-0.3, -0.25) is 9.59 Å². The fourth-order valence-electron chi connectivity index (χ4n) is 7.89. The van der Waals surface area contributed by atoms with Crippen LogP contribution in [0.1, 0.15) is 37.8 Å². The number of benzene rings is 2. The number of carbonyl (C=O) groups is 3. The van der Waals surface area contributed by atoms with Crippen molar-refractivity contribution in [1.29, 1.82) is 0 Å². The number of allylic oxidation sites excluding steroid dienone is 1. The fraction of sp³-hybridized carbons (Fsp3) is 0.537. The summed E-state index contributed by atoms with van der Waals surface area (Å²) >= 11 is 0. The number of aliphatic hydroxyl groups is 5. The zero-order valence-electron chi connectivity index (χ0n) is 31.7. The maximum atomic E-state index is 13.6. The summed E-state index contributed by atoms with van der Waals surface area (Å²) in [7, 11) is 1.32. The molecule has 16 nitrogen and oxygen atoms in total. The van der Waals surface area contributed by atoms with Gasteiger partial charge < -0.3 is 63.4 Å². The third-order valence-corrected chi connectivity index (χ3v) is 10.8. The van der Waals surface area contributed by atoms with Crippen molar-refractivity contribution < 1.29 is 77.8 Å². The lowest BCUT2D eigenvalue weighted by Crippen LogP contribution is -2.60. The van der Waals surface area contributed by atoms with Gasteiger partial charge in [0.15, 0.2) is 30.8 Å². The quantitative estimate of drug-likeness (QED) is 0.0688. The fourth-order valence-corrected chi connectivity index (χ4v) is 7.89. The lowest BCUT2D eigenvalue weighted by molar-refractivity contribution is -0.345. The molecule has 3 saturated heterocycles. The normalized spacial score (nSPS) is 36.8. The van der Waals surface area contributed by atoms with E-state index in [0.717, 1.165) is 11.1 Å². The molecule has 2 aromatic rings. The van der Waals surface area contributed by atoms with E-state index in [0.29, 0.717) is 0 Å². The molecular formula is C41H50O16. The van der Waals surface area contributed by atoms with Gasteiger partial charge in [0.25, 0.3) is 0 Å². The highest BCUT2D eigenvalue weighted by Gasteiger charge is 2.73. The summed E-state index contributed by atoms with van der Waals surface area (Å²) in [6.07, 6.45) is -9.25. The number of aliphatic hydroxyl groups excluding tert-OH is 5. The Hall–Kier alpha value is -3.91. The van der Waals surface area contributed by atoms with Crippen LogP contribution in [0.4, 0.5) is 0 Å². The number of ketones is 1. The van der Waals surface area contributed by atoms with Crippen LogP contribution in [0.25, 0.3) is 12.2 Å². The van der Waals surface area contributed by atoms with Crippen LogP contribution in [0.15, 0.2) is 72.8 Å². The first-order chi connectivity index (χ1) is 27.4. The molecule has 2 unspecified atom stereocenters. The van der Waals surface area contributed by atoms with E-state index in [2.05, 4.69) is 0 Å². The molecule has 6 rings (SSSR count). The molecule has 4 aliphatic rings. The minimum Gasteiger partial charge on any atom is -0.457 e. The molecule has 0 bridgehead atoms. The molecular weight excluding hydrogens is 748 g/mol. The van der Waals surface area contributed by atoms with Gasteiger partial charge in [0.1, 0.15) is 42.2 Å². The number of epoxide rings is 1. The maximum absolute atomic E-state index is 13.6. The SMILES string of the molecule is COC(O[C@@H]1O[C@H](CO)[C@@H](O)[C@H](O)[C@H]1O)C1C[C@H](O[C@@H]2O[C@@H](C)[C@H](OC(=O)/C=C/c3ccccc3)[C@@H](CC(=O)/C=C/c3ccccc3)[C@H]2OC(C)=O)[C@@H]2O[C@]12CO. The third kappa shape index (κ3) is 9.70. The summed E-state index contributed by atoms with van der Waals surface area (Å²) in [4.78, 5) is 39.4. The molecule has 0 aromatic heterocycles. The van der Waals surface area contributed by atoms with Crippen molar-refractivity contribution in [2.45, 2.75) is 106 Å². The van der Waals surface area contributed by atoms with Crippen molar-refractivity contribution in [3.05, 3.63) is 83.9 Å². The van der Waals surface area contributed by atoms with E-state index in [1.165, 1.54) is 26.2 Å². The Labute approximate surface area is 329 Å². The standard InChI is InChI=1S/C41H50O16/c1-22-35(55-31(46)17-15-25-12-8-5-9-13-25)27(18-26(45)16-14-24-10-6-4-7-11-24)36(52-23(2)44)40(51-22)53-29-19-28(41(21-43)37(29)57-41)38(50-3)56-39-34(49)33(48)32(47)30(20-42)54-39/h4-17,22,27-30,32-40,42-43,47-49H,18-21H2,1-3H3/b16-14+,17-15+/t22-,27+,28?,29-,30+,32+,33-,34+,35-,36+,37-,38?,39-,40-,41+/m0/s1. The smallest absolute Gasteiger partial charge is 0.331 e. The number of ether oxygens (including phenoxy) is 8. The van der Waals surface area contributed by atoms with Crippen LogP contribution in [0.2, 0.25) is 0 Å².